The fourth-order valence-electron chi connectivity index (χ4n) is 1.83. The molecule has 6 nitrogen and oxygen atoms in total. The van der Waals surface area contributed by atoms with Gasteiger partial charge < -0.3 is 9.55 Å². The number of hydrogen-bond acceptors (Lipinski definition) is 4. The molecule has 0 bridgehead atoms. The van der Waals surface area contributed by atoms with E-state index in [0.717, 1.165) is 5.56 Å². The fourth-order valence-corrected chi connectivity index (χ4v) is 2.68. The van der Waals surface area contributed by atoms with Gasteiger partial charge in [0.2, 0.25) is 0 Å². The Kier molecular flexibility index (Phi) is 3.49. The Morgan fingerprint density at radius 3 is 2.70 bits per heavy atom. The first-order chi connectivity index (χ1) is 9.56. The van der Waals surface area contributed by atoms with Gasteiger partial charge in [-0.3, -0.25) is 10.4 Å². The molecule has 0 fully saturated rings. The number of aromatic amines is 1. The zero-order chi connectivity index (χ0) is 14.3. The lowest BCUT2D eigenvalue weighted by Gasteiger charge is -2.09. The molecule has 0 saturated heterocycles. The molecule has 3 aromatic rings. The number of hydrogen-bond donors (Lipinski definition) is 2. The summed E-state index contributed by atoms with van der Waals surface area (Å²) in [5, 5.41) is 8.71. The topological polar surface area (TPSA) is 83.2 Å². The lowest BCUT2D eigenvalue weighted by atomic mass is 10.2. The van der Waals surface area contributed by atoms with E-state index in [-0.39, 0.29) is 5.49 Å². The molecule has 0 aliphatic carbocycles. The van der Waals surface area contributed by atoms with Gasteiger partial charge in [0.1, 0.15) is 5.52 Å². The van der Waals surface area contributed by atoms with E-state index in [9.17, 15) is 0 Å². The molecule has 3 heterocycles. The van der Waals surface area contributed by atoms with Crippen LogP contribution >= 0.6 is 39.1 Å². The summed E-state index contributed by atoms with van der Waals surface area (Å²) in [6, 6.07) is 0. The second-order valence-electron chi connectivity index (χ2n) is 4.03. The van der Waals surface area contributed by atoms with Gasteiger partial charge in [0.05, 0.1) is 22.9 Å². The largest absolute Gasteiger partial charge is 0.328 e. The molecular formula is C11H7BrCl2N6. The number of halogens is 3. The van der Waals surface area contributed by atoms with Gasteiger partial charge in [0.25, 0.3) is 0 Å². The van der Waals surface area contributed by atoms with Crippen LogP contribution in [0.2, 0.25) is 10.0 Å². The van der Waals surface area contributed by atoms with Crippen LogP contribution in [0.15, 0.2) is 23.5 Å². The number of nitrogens with one attached hydrogen (secondary N) is 2. The average molecular weight is 374 g/mol. The Hall–Kier alpha value is -1.44. The number of aromatic nitrogens is 5. The van der Waals surface area contributed by atoms with Gasteiger partial charge in [-0.1, -0.05) is 23.2 Å². The highest BCUT2D eigenvalue weighted by atomic mass is 79.9. The zero-order valence-corrected chi connectivity index (χ0v) is 13.0. The average Bonchev–Trinajstić information content (AvgIpc) is 2.79. The minimum Gasteiger partial charge on any atom is -0.328 e. The van der Waals surface area contributed by atoms with Crippen LogP contribution in [0.3, 0.4) is 0 Å². The summed E-state index contributed by atoms with van der Waals surface area (Å²) in [4.78, 5) is 15.2. The molecule has 3 rings (SSSR count). The van der Waals surface area contributed by atoms with E-state index in [4.69, 9.17) is 28.6 Å². The van der Waals surface area contributed by atoms with E-state index in [1.54, 1.807) is 4.57 Å². The number of rotatable bonds is 2. The Bertz CT molecular complexity index is 835. The first-order valence-electron chi connectivity index (χ1n) is 5.49. The molecule has 0 aliphatic rings. The lowest BCUT2D eigenvalue weighted by Crippen LogP contribution is -2.13. The van der Waals surface area contributed by atoms with Gasteiger partial charge in [0, 0.05) is 18.0 Å². The van der Waals surface area contributed by atoms with Crippen LogP contribution in [0.5, 0.6) is 0 Å². The van der Waals surface area contributed by atoms with Crippen molar-refractivity contribution in [3.63, 3.8) is 0 Å². The normalized spacial score (nSPS) is 11.2. The first-order valence-corrected chi connectivity index (χ1v) is 7.04. The molecule has 2 N–H and O–H groups in total. The molecular weight excluding hydrogens is 367 g/mol. The molecule has 0 atom stereocenters. The van der Waals surface area contributed by atoms with Gasteiger partial charge in [-0.15, -0.1) is 0 Å². The minimum atomic E-state index is 0.126. The highest BCUT2D eigenvalue weighted by Gasteiger charge is 2.11. The molecule has 102 valence electrons. The van der Waals surface area contributed by atoms with E-state index in [2.05, 4.69) is 35.9 Å². The molecule has 0 spiro atoms. The fraction of sp³-hybridized carbons (Fsp3) is 0.0909. The van der Waals surface area contributed by atoms with Gasteiger partial charge in [-0.2, -0.15) is 0 Å². The summed E-state index contributed by atoms with van der Waals surface area (Å²) in [5.41, 5.74) is 2.00. The van der Waals surface area contributed by atoms with Crippen LogP contribution in [-0.4, -0.2) is 24.5 Å². The molecule has 0 aromatic carbocycles. The van der Waals surface area contributed by atoms with Crippen molar-refractivity contribution in [2.75, 3.05) is 0 Å². The van der Waals surface area contributed by atoms with Crippen LogP contribution in [0.25, 0.3) is 11.2 Å². The minimum absolute atomic E-state index is 0.126. The molecule has 0 saturated carbocycles. The maximum Gasteiger partial charge on any atom is 0.177 e. The smallest absolute Gasteiger partial charge is 0.177 e. The second kappa shape index (κ2) is 5.16. The molecule has 9 heteroatoms. The summed E-state index contributed by atoms with van der Waals surface area (Å²) in [7, 11) is 0. The standard InChI is InChI=1S/C11H7BrCl2N6/c12-11-18-8-9(15)17-4-20(10(8)19-11)3-5-6(13)1-16-2-7(5)14/h1-2,4,15H,3H2,(H,18,19). The molecule has 3 aromatic heterocycles. The van der Waals surface area contributed by atoms with Gasteiger partial charge >= 0.3 is 0 Å². The third-order valence-corrected chi connectivity index (χ3v) is 3.80. The number of fused-ring (bicyclic) bond motifs is 1. The lowest BCUT2D eigenvalue weighted by molar-refractivity contribution is 0.782. The predicted molar refractivity (Wildman–Crippen MR) is 78.8 cm³/mol. The molecule has 20 heavy (non-hydrogen) atoms. The van der Waals surface area contributed by atoms with Crippen molar-refractivity contribution >= 4 is 50.3 Å². The van der Waals surface area contributed by atoms with E-state index >= 15 is 0 Å². The third kappa shape index (κ3) is 2.32. The van der Waals surface area contributed by atoms with Crippen molar-refractivity contribution in [3.8, 4) is 0 Å². The zero-order valence-electron chi connectivity index (χ0n) is 9.86. The SMILES string of the molecule is N=c1ncn(Cc2c(Cl)cncc2Cl)c2nc(Br)[nH]c12. The third-order valence-electron chi connectivity index (χ3n) is 2.77. The van der Waals surface area contributed by atoms with Crippen molar-refractivity contribution in [3.05, 3.63) is 44.6 Å². The van der Waals surface area contributed by atoms with Crippen LogP contribution in [-0.2, 0) is 6.54 Å². The molecule has 0 radical (unpaired) electrons. The quantitative estimate of drug-likeness (QED) is 0.677. The summed E-state index contributed by atoms with van der Waals surface area (Å²) in [6.45, 7) is 0.390. The van der Waals surface area contributed by atoms with Crippen molar-refractivity contribution in [2.45, 2.75) is 6.54 Å². The highest BCUT2D eigenvalue weighted by molar-refractivity contribution is 9.10. The van der Waals surface area contributed by atoms with Crippen LogP contribution in [0.1, 0.15) is 5.56 Å². The number of imidazole rings is 1. The number of H-pyrrole nitrogens is 1. The molecule has 0 amide bonds. The van der Waals surface area contributed by atoms with E-state index in [1.807, 2.05) is 0 Å². The molecule has 0 aliphatic heterocycles. The van der Waals surface area contributed by atoms with Crippen LogP contribution < -0.4 is 5.49 Å². The van der Waals surface area contributed by atoms with E-state index < -0.39 is 0 Å². The number of nitrogens with zero attached hydrogens (tertiary/aromatic N) is 4. The predicted octanol–water partition coefficient (Wildman–Crippen LogP) is 2.75. The highest BCUT2D eigenvalue weighted by Crippen LogP contribution is 2.24. The summed E-state index contributed by atoms with van der Waals surface area (Å²) < 4.78 is 2.30. The Balaban J connectivity index is 2.16. The Labute approximate surface area is 131 Å². The van der Waals surface area contributed by atoms with Gasteiger partial charge in [-0.05, 0) is 15.9 Å². The van der Waals surface area contributed by atoms with Crippen molar-refractivity contribution in [1.82, 2.24) is 24.5 Å². The van der Waals surface area contributed by atoms with Gasteiger partial charge in [0.15, 0.2) is 15.9 Å². The summed E-state index contributed by atoms with van der Waals surface area (Å²) >= 11 is 15.5. The Morgan fingerprint density at radius 1 is 1.30 bits per heavy atom. The molecule has 0 unspecified atom stereocenters. The number of pyridine rings is 1. The van der Waals surface area contributed by atoms with Crippen LogP contribution in [0, 0.1) is 5.41 Å². The summed E-state index contributed by atoms with van der Waals surface area (Å²) in [5.74, 6) is 0. The van der Waals surface area contributed by atoms with E-state index in [0.29, 0.717) is 32.5 Å². The Morgan fingerprint density at radius 2 is 2.00 bits per heavy atom. The van der Waals surface area contributed by atoms with E-state index in [1.165, 1.54) is 18.7 Å². The van der Waals surface area contributed by atoms with Gasteiger partial charge in [-0.25, -0.2) is 9.97 Å². The monoisotopic (exact) mass is 372 g/mol. The second-order valence-corrected chi connectivity index (χ2v) is 5.59. The summed E-state index contributed by atoms with van der Waals surface area (Å²) in [6.07, 6.45) is 4.60. The maximum absolute atomic E-state index is 7.76. The van der Waals surface area contributed by atoms with Crippen molar-refractivity contribution < 1.29 is 0 Å². The van der Waals surface area contributed by atoms with Crippen molar-refractivity contribution in [1.29, 1.82) is 5.41 Å². The van der Waals surface area contributed by atoms with Crippen LogP contribution in [0.4, 0.5) is 0 Å². The maximum atomic E-state index is 7.76. The first kappa shape index (κ1) is 13.5. The van der Waals surface area contributed by atoms with Crippen molar-refractivity contribution in [2.24, 2.45) is 0 Å².